The Kier molecular flexibility index (Phi) is 3.59. The highest BCUT2D eigenvalue weighted by Crippen LogP contribution is 1.90. The van der Waals surface area contributed by atoms with Crippen molar-refractivity contribution in [3.63, 3.8) is 0 Å². The molecule has 68 valence electrons. The van der Waals surface area contributed by atoms with Crippen LogP contribution in [0.4, 0.5) is 8.78 Å². The number of aromatic nitrogens is 2. The van der Waals surface area contributed by atoms with Crippen LogP contribution in [0.3, 0.4) is 0 Å². The van der Waals surface area contributed by atoms with Gasteiger partial charge in [-0.05, 0) is 0 Å². The zero-order valence-corrected chi connectivity index (χ0v) is 6.33. The fourth-order valence-corrected chi connectivity index (χ4v) is 0.714. The van der Waals surface area contributed by atoms with Crippen LogP contribution in [0.15, 0.2) is 10.9 Å². The average Bonchev–Trinajstić information content (AvgIpc) is 2.49. The van der Waals surface area contributed by atoms with Crippen LogP contribution in [-0.4, -0.2) is 29.7 Å². The number of hydrogen-bond acceptors (Lipinski definition) is 4. The fourth-order valence-electron chi connectivity index (χ4n) is 0.714. The Bertz CT molecular complexity index is 203. The molecule has 6 heteroatoms. The van der Waals surface area contributed by atoms with E-state index in [0.717, 1.165) is 0 Å². The lowest BCUT2D eigenvalue weighted by Crippen LogP contribution is -2.23. The van der Waals surface area contributed by atoms with Gasteiger partial charge in [0.15, 0.2) is 5.82 Å². The highest BCUT2D eigenvalue weighted by atomic mass is 19.3. The summed E-state index contributed by atoms with van der Waals surface area (Å²) in [6.07, 6.45) is -0.596. The Morgan fingerprint density at radius 3 is 3.00 bits per heavy atom. The summed E-state index contributed by atoms with van der Waals surface area (Å²) in [5.74, 6) is 0.525. The van der Waals surface area contributed by atoms with Crippen molar-refractivity contribution in [2.45, 2.75) is 12.8 Å². The molecule has 1 heterocycles. The average molecular weight is 177 g/mol. The van der Waals surface area contributed by atoms with Crippen LogP contribution in [0.1, 0.15) is 5.82 Å². The molecule has 0 saturated carbocycles. The van der Waals surface area contributed by atoms with E-state index in [1.165, 1.54) is 6.39 Å². The predicted octanol–water partition coefficient (Wildman–Crippen LogP) is 0.467. The highest BCUT2D eigenvalue weighted by Gasteiger charge is 2.01. The number of alkyl halides is 2. The third kappa shape index (κ3) is 3.38. The van der Waals surface area contributed by atoms with Crippen molar-refractivity contribution in [2.75, 3.05) is 13.1 Å². The lowest BCUT2D eigenvalue weighted by molar-refractivity contribution is 0.146. The van der Waals surface area contributed by atoms with Crippen molar-refractivity contribution in [1.29, 1.82) is 0 Å². The molecule has 0 aliphatic carbocycles. The fraction of sp³-hybridized carbons (Fsp3) is 0.667. The van der Waals surface area contributed by atoms with Gasteiger partial charge < -0.3 is 9.84 Å². The van der Waals surface area contributed by atoms with Gasteiger partial charge in [-0.25, -0.2) is 8.78 Å². The third-order valence-corrected chi connectivity index (χ3v) is 1.23. The van der Waals surface area contributed by atoms with E-state index in [1.54, 1.807) is 0 Å². The number of nitrogens with zero attached hydrogens (tertiary/aromatic N) is 2. The lowest BCUT2D eigenvalue weighted by atomic mass is 10.4. The summed E-state index contributed by atoms with van der Waals surface area (Å²) in [5, 5.41) is 6.07. The molecule has 1 aromatic heterocycles. The zero-order valence-electron chi connectivity index (χ0n) is 6.33. The third-order valence-electron chi connectivity index (χ3n) is 1.23. The number of rotatable bonds is 5. The number of nitrogens with one attached hydrogen (secondary N) is 1. The molecule has 1 N–H and O–H groups in total. The van der Waals surface area contributed by atoms with Gasteiger partial charge in [0.1, 0.15) is 0 Å². The Hall–Kier alpha value is -1.04. The molecule has 0 fully saturated rings. The van der Waals surface area contributed by atoms with Crippen molar-refractivity contribution in [2.24, 2.45) is 0 Å². The van der Waals surface area contributed by atoms with E-state index in [4.69, 9.17) is 0 Å². The molecule has 0 aromatic carbocycles. The maximum Gasteiger partial charge on any atom is 0.250 e. The molecule has 0 radical (unpaired) electrons. The first-order valence-corrected chi connectivity index (χ1v) is 3.53. The van der Waals surface area contributed by atoms with Crippen molar-refractivity contribution in [1.82, 2.24) is 15.5 Å². The Labute approximate surface area is 68.0 Å². The van der Waals surface area contributed by atoms with Gasteiger partial charge in [-0.2, -0.15) is 4.98 Å². The summed E-state index contributed by atoms with van der Waals surface area (Å²) < 4.78 is 27.6. The first-order valence-electron chi connectivity index (χ1n) is 3.53. The summed E-state index contributed by atoms with van der Waals surface area (Å²) in [6.45, 7) is 0.141. The summed E-state index contributed by atoms with van der Waals surface area (Å²) in [4.78, 5) is 3.73. The molecule has 0 spiro atoms. The second kappa shape index (κ2) is 4.76. The highest BCUT2D eigenvalue weighted by molar-refractivity contribution is 4.78. The summed E-state index contributed by atoms with van der Waals surface area (Å²) in [7, 11) is 0. The SMILES string of the molecule is FC(F)CNCCc1ncon1. The van der Waals surface area contributed by atoms with Crippen LogP contribution < -0.4 is 5.32 Å². The molecule has 12 heavy (non-hydrogen) atoms. The normalized spacial score (nSPS) is 10.9. The predicted molar refractivity (Wildman–Crippen MR) is 36.9 cm³/mol. The van der Waals surface area contributed by atoms with Gasteiger partial charge in [0.2, 0.25) is 6.39 Å². The quantitative estimate of drug-likeness (QED) is 0.664. The van der Waals surface area contributed by atoms with Gasteiger partial charge in [-0.15, -0.1) is 0 Å². The summed E-state index contributed by atoms with van der Waals surface area (Å²) in [6, 6.07) is 0. The van der Waals surface area contributed by atoms with E-state index < -0.39 is 6.43 Å². The van der Waals surface area contributed by atoms with Gasteiger partial charge in [-0.3, -0.25) is 0 Å². The summed E-state index contributed by atoms with van der Waals surface area (Å²) >= 11 is 0. The largest absolute Gasteiger partial charge is 0.343 e. The Morgan fingerprint density at radius 1 is 1.58 bits per heavy atom. The number of halogens is 2. The van der Waals surface area contributed by atoms with Crippen LogP contribution in [0.2, 0.25) is 0 Å². The first kappa shape index (κ1) is 9.05. The molecule has 0 aliphatic heterocycles. The molecule has 1 rings (SSSR count). The van der Waals surface area contributed by atoms with Crippen molar-refractivity contribution >= 4 is 0 Å². The molecular formula is C6H9F2N3O. The molecule has 0 atom stereocenters. The monoisotopic (exact) mass is 177 g/mol. The molecule has 0 amide bonds. The Morgan fingerprint density at radius 2 is 2.42 bits per heavy atom. The minimum atomic E-state index is -2.31. The Balaban J connectivity index is 2.04. The van der Waals surface area contributed by atoms with E-state index in [-0.39, 0.29) is 6.54 Å². The van der Waals surface area contributed by atoms with Crippen molar-refractivity contribution in [3.8, 4) is 0 Å². The van der Waals surface area contributed by atoms with Crippen LogP contribution in [0, 0.1) is 0 Å². The van der Waals surface area contributed by atoms with Crippen LogP contribution in [-0.2, 0) is 6.42 Å². The second-order valence-corrected chi connectivity index (χ2v) is 2.19. The molecule has 1 aromatic rings. The standard InChI is InChI=1S/C6H9F2N3O/c7-5(8)3-9-2-1-6-10-4-12-11-6/h4-5,9H,1-3H2. The topological polar surface area (TPSA) is 51.0 Å². The molecule has 4 nitrogen and oxygen atoms in total. The second-order valence-electron chi connectivity index (χ2n) is 2.19. The molecular weight excluding hydrogens is 168 g/mol. The van der Waals surface area contributed by atoms with E-state index in [2.05, 4.69) is 20.0 Å². The van der Waals surface area contributed by atoms with Gasteiger partial charge >= 0.3 is 0 Å². The minimum Gasteiger partial charge on any atom is -0.343 e. The minimum absolute atomic E-state index is 0.294. The van der Waals surface area contributed by atoms with E-state index in [1.807, 2.05) is 0 Å². The van der Waals surface area contributed by atoms with E-state index >= 15 is 0 Å². The first-order chi connectivity index (χ1) is 5.79. The van der Waals surface area contributed by atoms with Crippen molar-refractivity contribution in [3.05, 3.63) is 12.2 Å². The molecule has 0 unspecified atom stereocenters. The molecule has 0 saturated heterocycles. The zero-order chi connectivity index (χ0) is 8.81. The van der Waals surface area contributed by atoms with Gasteiger partial charge in [-0.1, -0.05) is 5.16 Å². The maximum absolute atomic E-state index is 11.6. The van der Waals surface area contributed by atoms with Gasteiger partial charge in [0.05, 0.1) is 6.54 Å². The smallest absolute Gasteiger partial charge is 0.250 e. The van der Waals surface area contributed by atoms with E-state index in [0.29, 0.717) is 18.8 Å². The van der Waals surface area contributed by atoms with E-state index in [9.17, 15) is 8.78 Å². The van der Waals surface area contributed by atoms with Crippen LogP contribution >= 0.6 is 0 Å². The summed E-state index contributed by atoms with van der Waals surface area (Å²) in [5.41, 5.74) is 0. The van der Waals surface area contributed by atoms with Crippen LogP contribution in [0.25, 0.3) is 0 Å². The molecule has 0 bridgehead atoms. The molecule has 0 aliphatic rings. The number of hydrogen-bond donors (Lipinski definition) is 1. The van der Waals surface area contributed by atoms with Crippen molar-refractivity contribution < 1.29 is 13.3 Å². The van der Waals surface area contributed by atoms with Gasteiger partial charge in [0.25, 0.3) is 6.43 Å². The maximum atomic E-state index is 11.6. The van der Waals surface area contributed by atoms with Gasteiger partial charge in [0, 0.05) is 13.0 Å². The lowest BCUT2D eigenvalue weighted by Gasteiger charge is -1.99. The van der Waals surface area contributed by atoms with Crippen LogP contribution in [0.5, 0.6) is 0 Å².